The maximum atomic E-state index is 5.65. The fourth-order valence-electron chi connectivity index (χ4n) is 2.42. The number of fused-ring (bicyclic) bond motifs is 3. The summed E-state index contributed by atoms with van der Waals surface area (Å²) in [6.45, 7) is 4.60. The van der Waals surface area contributed by atoms with Crippen LogP contribution in [0.2, 0.25) is 0 Å². The Morgan fingerprint density at radius 2 is 1.86 bits per heavy atom. The van der Waals surface area contributed by atoms with Crippen LogP contribution in [0.5, 0.6) is 0 Å². The van der Waals surface area contributed by atoms with Crippen molar-refractivity contribution in [2.75, 3.05) is 32.9 Å². The monoisotopic (exact) mass is 199 g/mol. The van der Waals surface area contributed by atoms with Crippen molar-refractivity contribution in [3.63, 3.8) is 0 Å². The zero-order valence-electron chi connectivity index (χ0n) is 8.33. The molecule has 4 nitrogen and oxygen atoms in total. The highest BCUT2D eigenvalue weighted by atomic mass is 16.9. The van der Waals surface area contributed by atoms with E-state index in [4.69, 9.17) is 14.2 Å². The van der Waals surface area contributed by atoms with Crippen LogP contribution in [-0.2, 0) is 14.2 Å². The second-order valence-corrected chi connectivity index (χ2v) is 4.54. The third-order valence-corrected chi connectivity index (χ3v) is 3.32. The lowest BCUT2D eigenvalue weighted by Gasteiger charge is -2.46. The third kappa shape index (κ3) is 1.56. The molecule has 4 saturated heterocycles. The predicted octanol–water partition coefficient (Wildman–Crippen LogP) is 0.333. The fraction of sp³-hybridized carbons (Fsp3) is 1.00. The molecule has 2 bridgehead atoms. The van der Waals surface area contributed by atoms with Gasteiger partial charge in [-0.25, -0.2) is 0 Å². The van der Waals surface area contributed by atoms with Crippen LogP contribution in [0.3, 0.4) is 0 Å². The zero-order valence-corrected chi connectivity index (χ0v) is 8.33. The summed E-state index contributed by atoms with van der Waals surface area (Å²) in [5.41, 5.74) is 0. The van der Waals surface area contributed by atoms with Crippen molar-refractivity contribution in [3.05, 3.63) is 0 Å². The van der Waals surface area contributed by atoms with E-state index in [2.05, 4.69) is 5.32 Å². The van der Waals surface area contributed by atoms with Crippen molar-refractivity contribution in [2.45, 2.75) is 18.8 Å². The van der Waals surface area contributed by atoms with Crippen LogP contribution in [0.4, 0.5) is 0 Å². The first-order chi connectivity index (χ1) is 6.86. The maximum absolute atomic E-state index is 5.65. The Morgan fingerprint density at radius 1 is 1.14 bits per heavy atom. The Hall–Kier alpha value is -0.160. The molecule has 80 valence electrons. The van der Waals surface area contributed by atoms with Crippen LogP contribution >= 0.6 is 0 Å². The van der Waals surface area contributed by atoms with Gasteiger partial charge in [0.1, 0.15) is 0 Å². The summed E-state index contributed by atoms with van der Waals surface area (Å²) in [6.07, 6.45) is 2.09. The number of nitrogens with one attached hydrogen (secondary N) is 1. The van der Waals surface area contributed by atoms with E-state index in [0.717, 1.165) is 39.3 Å². The SMILES string of the molecule is C1CC(CC23OCC(CO2)CO3)CN1. The molecule has 4 heterocycles. The van der Waals surface area contributed by atoms with E-state index in [-0.39, 0.29) is 0 Å². The first kappa shape index (κ1) is 9.09. The lowest BCUT2D eigenvalue weighted by Crippen LogP contribution is -2.54. The molecule has 0 aromatic rings. The van der Waals surface area contributed by atoms with Gasteiger partial charge in [0.2, 0.25) is 0 Å². The first-order valence-corrected chi connectivity index (χ1v) is 5.49. The van der Waals surface area contributed by atoms with Crippen LogP contribution in [0.15, 0.2) is 0 Å². The maximum Gasteiger partial charge on any atom is 0.283 e. The topological polar surface area (TPSA) is 39.7 Å². The molecule has 4 aliphatic heterocycles. The summed E-state index contributed by atoms with van der Waals surface area (Å²) in [4.78, 5) is 0. The summed E-state index contributed by atoms with van der Waals surface area (Å²) >= 11 is 0. The lowest BCUT2D eigenvalue weighted by molar-refractivity contribution is -0.452. The van der Waals surface area contributed by atoms with Gasteiger partial charge in [0, 0.05) is 12.3 Å². The minimum Gasteiger partial charge on any atom is -0.327 e. The van der Waals surface area contributed by atoms with Gasteiger partial charge in [0.05, 0.1) is 19.8 Å². The van der Waals surface area contributed by atoms with Crippen molar-refractivity contribution in [1.29, 1.82) is 0 Å². The van der Waals surface area contributed by atoms with E-state index >= 15 is 0 Å². The van der Waals surface area contributed by atoms with Gasteiger partial charge in [0.25, 0.3) is 5.97 Å². The predicted molar refractivity (Wildman–Crippen MR) is 49.7 cm³/mol. The van der Waals surface area contributed by atoms with E-state index in [9.17, 15) is 0 Å². The van der Waals surface area contributed by atoms with Gasteiger partial charge >= 0.3 is 0 Å². The number of hydrogen-bond donors (Lipinski definition) is 1. The van der Waals surface area contributed by atoms with Crippen molar-refractivity contribution < 1.29 is 14.2 Å². The lowest BCUT2D eigenvalue weighted by atomic mass is 10.0. The molecule has 4 aliphatic rings. The number of rotatable bonds is 2. The molecule has 0 aromatic carbocycles. The van der Waals surface area contributed by atoms with Crippen LogP contribution in [0.1, 0.15) is 12.8 Å². The summed E-state index contributed by atoms with van der Waals surface area (Å²) in [5.74, 6) is 0.411. The molecule has 0 aromatic heterocycles. The average molecular weight is 199 g/mol. The molecular formula is C10H17NO3. The Morgan fingerprint density at radius 3 is 2.43 bits per heavy atom. The number of ether oxygens (including phenoxy) is 3. The first-order valence-electron chi connectivity index (χ1n) is 5.49. The van der Waals surface area contributed by atoms with Crippen molar-refractivity contribution in [1.82, 2.24) is 5.32 Å². The molecule has 4 rings (SSSR count). The van der Waals surface area contributed by atoms with Crippen molar-refractivity contribution >= 4 is 0 Å². The van der Waals surface area contributed by atoms with Gasteiger partial charge in [-0.05, 0) is 25.4 Å². The summed E-state index contributed by atoms with van der Waals surface area (Å²) in [7, 11) is 0. The Balaban J connectivity index is 1.63. The molecule has 1 unspecified atom stereocenters. The Kier molecular flexibility index (Phi) is 2.24. The Labute approximate surface area is 83.9 Å². The van der Waals surface area contributed by atoms with Gasteiger partial charge in [-0.3, -0.25) is 0 Å². The molecule has 0 spiro atoms. The number of hydrogen-bond acceptors (Lipinski definition) is 4. The van der Waals surface area contributed by atoms with Crippen LogP contribution in [0, 0.1) is 11.8 Å². The molecule has 1 N–H and O–H groups in total. The van der Waals surface area contributed by atoms with Crippen LogP contribution < -0.4 is 5.32 Å². The standard InChI is InChI=1S/C10H17NO3/c1-2-11-4-8(1)3-10-12-5-9(6-13-10)7-14-10/h8-9,11H,1-7H2. The Bertz CT molecular complexity index is 194. The van der Waals surface area contributed by atoms with E-state index in [1.807, 2.05) is 0 Å². The molecule has 4 heteroatoms. The third-order valence-electron chi connectivity index (χ3n) is 3.32. The zero-order chi connectivity index (χ0) is 9.43. The van der Waals surface area contributed by atoms with Gasteiger partial charge in [-0.2, -0.15) is 0 Å². The molecule has 0 radical (unpaired) electrons. The van der Waals surface area contributed by atoms with Gasteiger partial charge in [-0.1, -0.05) is 0 Å². The molecule has 14 heavy (non-hydrogen) atoms. The highest BCUT2D eigenvalue weighted by Crippen LogP contribution is 2.36. The summed E-state index contributed by atoms with van der Waals surface area (Å²) in [5, 5.41) is 3.35. The van der Waals surface area contributed by atoms with Gasteiger partial charge in [0.15, 0.2) is 0 Å². The molecule has 0 saturated carbocycles. The normalized spacial score (nSPS) is 47.1. The second kappa shape index (κ2) is 3.45. The second-order valence-electron chi connectivity index (χ2n) is 4.54. The fourth-order valence-corrected chi connectivity index (χ4v) is 2.42. The minimum absolute atomic E-state index is 0.457. The van der Waals surface area contributed by atoms with E-state index in [1.165, 1.54) is 6.42 Å². The van der Waals surface area contributed by atoms with E-state index in [0.29, 0.717) is 11.8 Å². The largest absolute Gasteiger partial charge is 0.327 e. The van der Waals surface area contributed by atoms with E-state index in [1.54, 1.807) is 0 Å². The van der Waals surface area contributed by atoms with Gasteiger partial charge in [-0.15, -0.1) is 0 Å². The average Bonchev–Trinajstić information content (AvgIpc) is 2.72. The van der Waals surface area contributed by atoms with Gasteiger partial charge < -0.3 is 19.5 Å². The summed E-state index contributed by atoms with van der Waals surface area (Å²) < 4.78 is 17.0. The van der Waals surface area contributed by atoms with Crippen LogP contribution in [0.25, 0.3) is 0 Å². The highest BCUT2D eigenvalue weighted by molar-refractivity contribution is 4.80. The highest BCUT2D eigenvalue weighted by Gasteiger charge is 2.46. The molecular weight excluding hydrogens is 182 g/mol. The molecule has 0 amide bonds. The van der Waals surface area contributed by atoms with Crippen LogP contribution in [-0.4, -0.2) is 38.9 Å². The summed E-state index contributed by atoms with van der Waals surface area (Å²) in [6, 6.07) is 0. The van der Waals surface area contributed by atoms with Crippen molar-refractivity contribution in [3.8, 4) is 0 Å². The minimum atomic E-state index is -0.689. The molecule has 4 fully saturated rings. The quantitative estimate of drug-likeness (QED) is 0.696. The smallest absolute Gasteiger partial charge is 0.283 e. The molecule has 0 aliphatic carbocycles. The van der Waals surface area contributed by atoms with Crippen molar-refractivity contribution in [2.24, 2.45) is 11.8 Å². The van der Waals surface area contributed by atoms with E-state index < -0.39 is 5.97 Å². The molecule has 1 atom stereocenters.